The van der Waals surface area contributed by atoms with Crippen LogP contribution in [0.1, 0.15) is 26.3 Å². The molecule has 0 saturated carbocycles. The van der Waals surface area contributed by atoms with Gasteiger partial charge in [-0.2, -0.15) is 0 Å². The van der Waals surface area contributed by atoms with Gasteiger partial charge in [-0.25, -0.2) is 4.79 Å². The van der Waals surface area contributed by atoms with Crippen LogP contribution in [-0.4, -0.2) is 49.4 Å². The van der Waals surface area contributed by atoms with E-state index in [0.29, 0.717) is 6.42 Å². The summed E-state index contributed by atoms with van der Waals surface area (Å²) in [5.41, 5.74) is 0.978. The summed E-state index contributed by atoms with van der Waals surface area (Å²) in [5.74, 6) is -0.676. The lowest BCUT2D eigenvalue weighted by Gasteiger charge is -2.15. The lowest BCUT2D eigenvalue weighted by Crippen LogP contribution is -2.41. The van der Waals surface area contributed by atoms with Gasteiger partial charge in [0.15, 0.2) is 0 Å². The van der Waals surface area contributed by atoms with Crippen molar-refractivity contribution in [3.63, 3.8) is 0 Å². The highest BCUT2D eigenvalue weighted by molar-refractivity contribution is 6.62. The molecular weight excluding hydrogens is 332 g/mol. The van der Waals surface area contributed by atoms with E-state index in [2.05, 4.69) is 10.1 Å². The third-order valence-corrected chi connectivity index (χ3v) is 2.84. The quantitative estimate of drug-likeness (QED) is 0.510. The predicted molar refractivity (Wildman–Crippen MR) is 96.1 cm³/mol. The first-order valence-corrected chi connectivity index (χ1v) is 7.91. The van der Waals surface area contributed by atoms with Gasteiger partial charge in [0.25, 0.3) is 0 Å². The highest BCUT2D eigenvalue weighted by atomic mass is 35.5. The molecule has 1 aromatic rings. The number of halogens is 1. The van der Waals surface area contributed by atoms with E-state index in [-0.39, 0.29) is 5.91 Å². The van der Waals surface area contributed by atoms with Gasteiger partial charge in [-0.15, -0.1) is 0 Å². The van der Waals surface area contributed by atoms with Crippen LogP contribution in [-0.2, 0) is 20.7 Å². The molecule has 0 spiro atoms. The number of hydrogen-bond acceptors (Lipinski definition) is 4. The molecule has 1 aromatic carbocycles. The van der Waals surface area contributed by atoms with Crippen LogP contribution in [0.2, 0.25) is 0 Å². The zero-order valence-corrected chi connectivity index (χ0v) is 15.9. The molecule has 0 heterocycles. The summed E-state index contributed by atoms with van der Waals surface area (Å²) in [4.78, 5) is 33.5. The summed E-state index contributed by atoms with van der Waals surface area (Å²) in [6.45, 7) is 5.38. The molecule has 24 heavy (non-hydrogen) atoms. The molecule has 7 heteroatoms. The highest BCUT2D eigenvalue weighted by Crippen LogP contribution is 2.04. The van der Waals surface area contributed by atoms with E-state index in [1.165, 1.54) is 18.9 Å². The van der Waals surface area contributed by atoms with Crippen LogP contribution in [0.25, 0.3) is 0 Å². The van der Waals surface area contributed by atoms with Crippen molar-refractivity contribution in [2.45, 2.75) is 33.2 Å². The first-order valence-electron chi connectivity index (χ1n) is 7.53. The van der Waals surface area contributed by atoms with Gasteiger partial charge in [-0.05, 0) is 17.2 Å². The Morgan fingerprint density at radius 3 is 1.96 bits per heavy atom. The van der Waals surface area contributed by atoms with Crippen molar-refractivity contribution >= 4 is 28.8 Å². The summed E-state index contributed by atoms with van der Waals surface area (Å²) in [6, 6.07) is 8.85. The Bertz CT molecular complexity index is 493. The maximum Gasteiger partial charge on any atom is 0.328 e. The van der Waals surface area contributed by atoms with Gasteiger partial charge in [-0.1, -0.05) is 44.2 Å². The van der Waals surface area contributed by atoms with Crippen LogP contribution in [0.5, 0.6) is 0 Å². The number of carbonyl (C=O) groups is 3. The van der Waals surface area contributed by atoms with Crippen molar-refractivity contribution in [3.05, 3.63) is 35.9 Å². The second-order valence-corrected chi connectivity index (χ2v) is 4.94. The Labute approximate surface area is 149 Å². The number of rotatable bonds is 4. The Balaban J connectivity index is 0. The van der Waals surface area contributed by atoms with E-state index in [9.17, 15) is 14.4 Å². The number of nitrogens with zero attached hydrogens (tertiary/aromatic N) is 1. The number of methoxy groups -OCH3 is 1. The van der Waals surface area contributed by atoms with Crippen LogP contribution in [0.4, 0.5) is 4.79 Å². The predicted octanol–water partition coefficient (Wildman–Crippen LogP) is 2.84. The van der Waals surface area contributed by atoms with Crippen LogP contribution >= 0.6 is 11.6 Å². The van der Waals surface area contributed by atoms with E-state index >= 15 is 0 Å². The van der Waals surface area contributed by atoms with Gasteiger partial charge in [0, 0.05) is 27.4 Å². The average molecular weight is 359 g/mol. The minimum Gasteiger partial charge on any atom is -0.467 e. The standard InChI is InChI=1S/C12H15NO3.C3H6ClNO.C2H6/c1-9(14)13-11(12(15)16-2)8-10-6-4-3-5-7-10;1-5(2)3(4)6;1-2/h3-7,11H,8H2,1-2H3,(H,13,14);1-2H3;1-2H3. The van der Waals surface area contributed by atoms with Crippen molar-refractivity contribution in [1.82, 2.24) is 10.2 Å². The third-order valence-electron chi connectivity index (χ3n) is 2.50. The summed E-state index contributed by atoms with van der Waals surface area (Å²) in [7, 11) is 4.49. The zero-order chi connectivity index (χ0) is 19.1. The molecule has 1 atom stereocenters. The molecule has 136 valence electrons. The summed E-state index contributed by atoms with van der Waals surface area (Å²) < 4.78 is 4.63. The van der Waals surface area contributed by atoms with Crippen molar-refractivity contribution in [1.29, 1.82) is 0 Å². The molecule has 0 aromatic heterocycles. The van der Waals surface area contributed by atoms with E-state index in [4.69, 9.17) is 11.6 Å². The van der Waals surface area contributed by atoms with E-state index in [0.717, 1.165) is 5.56 Å². The van der Waals surface area contributed by atoms with Crippen molar-refractivity contribution in [2.75, 3.05) is 21.2 Å². The fourth-order valence-electron chi connectivity index (χ4n) is 1.43. The zero-order valence-electron chi connectivity index (χ0n) is 15.1. The lowest BCUT2D eigenvalue weighted by molar-refractivity contribution is -0.144. The Hall–Kier alpha value is -2.08. The molecule has 0 saturated heterocycles. The third kappa shape index (κ3) is 12.5. The molecule has 1 rings (SSSR count). The van der Waals surface area contributed by atoms with Crippen LogP contribution in [0, 0.1) is 0 Å². The number of benzene rings is 1. The largest absolute Gasteiger partial charge is 0.467 e. The first-order chi connectivity index (χ1) is 11.3. The van der Waals surface area contributed by atoms with Crippen LogP contribution in [0.3, 0.4) is 0 Å². The Kier molecular flexibility index (Phi) is 14.6. The van der Waals surface area contributed by atoms with Gasteiger partial charge in [0.1, 0.15) is 6.04 Å². The Morgan fingerprint density at radius 2 is 1.62 bits per heavy atom. The van der Waals surface area contributed by atoms with Gasteiger partial charge in [-0.3, -0.25) is 9.59 Å². The number of nitrogens with one attached hydrogen (secondary N) is 1. The van der Waals surface area contributed by atoms with Crippen LogP contribution in [0.15, 0.2) is 30.3 Å². The summed E-state index contributed by atoms with van der Waals surface area (Å²) >= 11 is 4.90. The average Bonchev–Trinajstić information content (AvgIpc) is 2.56. The fraction of sp³-hybridized carbons (Fsp3) is 0.471. The molecule has 0 aliphatic heterocycles. The minimum atomic E-state index is -0.620. The molecule has 2 amide bonds. The normalized spacial score (nSPS) is 9.96. The topological polar surface area (TPSA) is 75.7 Å². The fourth-order valence-corrected chi connectivity index (χ4v) is 1.43. The molecule has 1 N–H and O–H groups in total. The first kappa shape index (κ1) is 24.2. The van der Waals surface area contributed by atoms with Gasteiger partial charge >= 0.3 is 11.3 Å². The van der Waals surface area contributed by atoms with E-state index in [1.54, 1.807) is 14.1 Å². The Morgan fingerprint density at radius 1 is 1.17 bits per heavy atom. The van der Waals surface area contributed by atoms with Crippen molar-refractivity contribution in [2.24, 2.45) is 0 Å². The summed E-state index contributed by atoms with van der Waals surface area (Å²) in [6.07, 6.45) is 0.438. The number of ether oxygens (including phenoxy) is 1. The van der Waals surface area contributed by atoms with Gasteiger partial charge < -0.3 is 15.0 Å². The molecule has 0 aliphatic carbocycles. The number of carbonyl (C=O) groups excluding carboxylic acids is 3. The van der Waals surface area contributed by atoms with Crippen LogP contribution < -0.4 is 5.32 Å². The molecule has 0 radical (unpaired) electrons. The van der Waals surface area contributed by atoms with E-state index in [1.807, 2.05) is 44.2 Å². The maximum atomic E-state index is 11.4. The number of esters is 1. The monoisotopic (exact) mass is 358 g/mol. The SMILES string of the molecule is CC.CN(C)C(=O)Cl.COC(=O)C(Cc1ccccc1)NC(C)=O. The van der Waals surface area contributed by atoms with E-state index < -0.39 is 17.4 Å². The minimum absolute atomic E-state index is 0.244. The molecule has 0 aliphatic rings. The van der Waals surface area contributed by atoms with Crippen molar-refractivity contribution < 1.29 is 19.1 Å². The van der Waals surface area contributed by atoms with Gasteiger partial charge in [0.05, 0.1) is 7.11 Å². The summed E-state index contributed by atoms with van der Waals surface area (Å²) in [5, 5.41) is 2.13. The molecule has 1 unspecified atom stereocenters. The van der Waals surface area contributed by atoms with Crippen molar-refractivity contribution in [3.8, 4) is 0 Å². The lowest BCUT2D eigenvalue weighted by atomic mass is 10.1. The molecular formula is C17H27ClN2O4. The second kappa shape index (κ2) is 14.5. The second-order valence-electron chi connectivity index (χ2n) is 4.61. The number of amides is 2. The molecule has 0 bridgehead atoms. The molecule has 0 fully saturated rings. The molecule has 6 nitrogen and oxygen atoms in total. The highest BCUT2D eigenvalue weighted by Gasteiger charge is 2.20. The smallest absolute Gasteiger partial charge is 0.328 e. The number of hydrogen-bond donors (Lipinski definition) is 1. The maximum absolute atomic E-state index is 11.4. The van der Waals surface area contributed by atoms with Gasteiger partial charge in [0.2, 0.25) is 5.91 Å².